The van der Waals surface area contributed by atoms with Crippen LogP contribution >= 0.6 is 0 Å². The number of carbonyl (C=O) groups is 2. The molecular formula is C25H20FNO5. The summed E-state index contributed by atoms with van der Waals surface area (Å²) in [6.45, 7) is 1.54. The first-order chi connectivity index (χ1) is 15.3. The molecule has 0 radical (unpaired) electrons. The second-order valence-electron chi connectivity index (χ2n) is 7.43. The largest absolute Gasteiger partial charge is 0.508 e. The number of halogens is 1. The third-order valence-electron chi connectivity index (χ3n) is 5.41. The molecule has 1 unspecified atom stereocenters. The topological polar surface area (TPSA) is 87.1 Å². The number of nitrogens with zero attached hydrogens (tertiary/aromatic N) is 1. The normalized spacial score (nSPS) is 17.6. The van der Waals surface area contributed by atoms with Crippen molar-refractivity contribution in [2.24, 2.45) is 0 Å². The molecule has 6 nitrogen and oxygen atoms in total. The molecule has 7 heteroatoms. The van der Waals surface area contributed by atoms with E-state index in [4.69, 9.17) is 4.74 Å². The first-order valence-corrected chi connectivity index (χ1v) is 9.82. The molecule has 32 heavy (non-hydrogen) atoms. The fraction of sp³-hybridized carbons (Fsp3) is 0.120. The van der Waals surface area contributed by atoms with Crippen molar-refractivity contribution in [3.63, 3.8) is 0 Å². The number of Topliss-reactive ketones (excluding diaryl/α,β-unsaturated/α-hetero) is 1. The van der Waals surface area contributed by atoms with Crippen LogP contribution in [-0.4, -0.2) is 29.0 Å². The fourth-order valence-corrected chi connectivity index (χ4v) is 3.80. The Morgan fingerprint density at radius 3 is 2.38 bits per heavy atom. The van der Waals surface area contributed by atoms with Gasteiger partial charge in [0.25, 0.3) is 11.7 Å². The van der Waals surface area contributed by atoms with E-state index in [9.17, 15) is 24.2 Å². The summed E-state index contributed by atoms with van der Waals surface area (Å²) in [6, 6.07) is 15.6. The van der Waals surface area contributed by atoms with Gasteiger partial charge in [0.2, 0.25) is 0 Å². The number of amides is 1. The molecule has 1 heterocycles. The Labute approximate surface area is 183 Å². The molecule has 1 atom stereocenters. The molecule has 1 aliphatic heterocycles. The van der Waals surface area contributed by atoms with E-state index in [-0.39, 0.29) is 22.4 Å². The van der Waals surface area contributed by atoms with Crippen molar-refractivity contribution < 1.29 is 28.9 Å². The van der Waals surface area contributed by atoms with E-state index in [1.54, 1.807) is 36.4 Å². The molecule has 1 fully saturated rings. The summed E-state index contributed by atoms with van der Waals surface area (Å²) in [4.78, 5) is 27.4. The highest BCUT2D eigenvalue weighted by Gasteiger charge is 2.47. The second-order valence-corrected chi connectivity index (χ2v) is 7.43. The number of methoxy groups -OCH3 is 1. The zero-order valence-electron chi connectivity index (χ0n) is 17.4. The second kappa shape index (κ2) is 8.19. The molecule has 1 amide bonds. The number of benzene rings is 3. The van der Waals surface area contributed by atoms with Gasteiger partial charge in [-0.1, -0.05) is 12.1 Å². The van der Waals surface area contributed by atoms with Crippen molar-refractivity contribution in [2.45, 2.75) is 13.0 Å². The van der Waals surface area contributed by atoms with Crippen LogP contribution in [-0.2, 0) is 9.59 Å². The van der Waals surface area contributed by atoms with Crippen LogP contribution in [0.25, 0.3) is 5.76 Å². The van der Waals surface area contributed by atoms with Crippen molar-refractivity contribution in [1.29, 1.82) is 0 Å². The molecule has 0 aliphatic carbocycles. The Hall–Kier alpha value is -4.13. The first kappa shape index (κ1) is 21.1. The Morgan fingerprint density at radius 2 is 1.75 bits per heavy atom. The van der Waals surface area contributed by atoms with Crippen LogP contribution in [0.5, 0.6) is 11.5 Å². The van der Waals surface area contributed by atoms with Crippen molar-refractivity contribution in [2.75, 3.05) is 12.0 Å². The minimum absolute atomic E-state index is 0.0551. The van der Waals surface area contributed by atoms with E-state index in [0.29, 0.717) is 17.0 Å². The van der Waals surface area contributed by atoms with Gasteiger partial charge in [-0.05, 0) is 72.6 Å². The Kier molecular flexibility index (Phi) is 5.40. The molecule has 0 aromatic heterocycles. The summed E-state index contributed by atoms with van der Waals surface area (Å²) in [5.41, 5.74) is 1.19. The van der Waals surface area contributed by atoms with Crippen LogP contribution in [0.15, 0.2) is 72.3 Å². The van der Waals surface area contributed by atoms with Crippen LogP contribution in [0.3, 0.4) is 0 Å². The lowest BCUT2D eigenvalue weighted by atomic mass is 9.94. The van der Waals surface area contributed by atoms with Gasteiger partial charge in [0.15, 0.2) is 0 Å². The number of hydrogen-bond acceptors (Lipinski definition) is 5. The van der Waals surface area contributed by atoms with Crippen molar-refractivity contribution >= 4 is 23.1 Å². The molecule has 4 rings (SSSR count). The summed E-state index contributed by atoms with van der Waals surface area (Å²) in [5.74, 6) is -2.07. The molecule has 3 aromatic rings. The average Bonchev–Trinajstić information content (AvgIpc) is 3.06. The third kappa shape index (κ3) is 3.58. The van der Waals surface area contributed by atoms with Gasteiger partial charge in [0.05, 0.1) is 18.7 Å². The predicted molar refractivity (Wildman–Crippen MR) is 117 cm³/mol. The monoisotopic (exact) mass is 433 g/mol. The number of hydrogen-bond donors (Lipinski definition) is 2. The van der Waals surface area contributed by atoms with Crippen molar-refractivity contribution in [3.05, 3.63) is 94.8 Å². The van der Waals surface area contributed by atoms with Crippen LogP contribution in [0.1, 0.15) is 22.7 Å². The summed E-state index contributed by atoms with van der Waals surface area (Å²) >= 11 is 0. The highest BCUT2D eigenvalue weighted by atomic mass is 19.1. The zero-order valence-corrected chi connectivity index (χ0v) is 17.4. The molecule has 2 N–H and O–H groups in total. The van der Waals surface area contributed by atoms with Gasteiger partial charge in [0, 0.05) is 11.3 Å². The van der Waals surface area contributed by atoms with Gasteiger partial charge in [-0.25, -0.2) is 4.39 Å². The van der Waals surface area contributed by atoms with E-state index >= 15 is 0 Å². The zero-order chi connectivity index (χ0) is 23.0. The smallest absolute Gasteiger partial charge is 0.300 e. The number of ketones is 1. The number of rotatable bonds is 4. The standard InChI is InChI=1S/C25H20FNO5/c1-14-12-16(6-11-20(14)26)23(29)21-22(15-4-3-5-18(28)13-15)27(25(31)24(21)30)17-7-9-19(32-2)10-8-17/h3-13,22,28-29H,1-2H3/b23-21-. The lowest BCUT2D eigenvalue weighted by Crippen LogP contribution is -2.29. The van der Waals surface area contributed by atoms with E-state index in [1.807, 2.05) is 0 Å². The number of aryl methyl sites for hydroxylation is 1. The summed E-state index contributed by atoms with van der Waals surface area (Å²) in [7, 11) is 1.51. The fourth-order valence-electron chi connectivity index (χ4n) is 3.80. The van der Waals surface area contributed by atoms with Gasteiger partial charge in [-0.3, -0.25) is 14.5 Å². The first-order valence-electron chi connectivity index (χ1n) is 9.82. The lowest BCUT2D eigenvalue weighted by molar-refractivity contribution is -0.132. The minimum atomic E-state index is -0.999. The number of ether oxygens (including phenoxy) is 1. The third-order valence-corrected chi connectivity index (χ3v) is 5.41. The Balaban J connectivity index is 1.94. The molecule has 0 spiro atoms. The Bertz CT molecular complexity index is 1250. The van der Waals surface area contributed by atoms with Gasteiger partial charge in [-0.15, -0.1) is 0 Å². The number of phenolic OH excluding ortho intramolecular Hbond substituents is 1. The minimum Gasteiger partial charge on any atom is -0.508 e. The summed E-state index contributed by atoms with van der Waals surface area (Å²) in [6.07, 6.45) is 0. The molecule has 0 saturated carbocycles. The summed E-state index contributed by atoms with van der Waals surface area (Å²) < 4.78 is 18.9. The van der Waals surface area contributed by atoms with Gasteiger partial charge < -0.3 is 14.9 Å². The number of aliphatic hydroxyl groups excluding tert-OH is 1. The maximum absolute atomic E-state index is 13.7. The maximum Gasteiger partial charge on any atom is 0.300 e. The highest BCUT2D eigenvalue weighted by Crippen LogP contribution is 2.43. The molecule has 1 saturated heterocycles. The van der Waals surface area contributed by atoms with Crippen LogP contribution < -0.4 is 9.64 Å². The van der Waals surface area contributed by atoms with Gasteiger partial charge >= 0.3 is 0 Å². The van der Waals surface area contributed by atoms with Crippen molar-refractivity contribution in [1.82, 2.24) is 0 Å². The molecule has 1 aliphatic rings. The molecule has 0 bridgehead atoms. The predicted octanol–water partition coefficient (Wildman–Crippen LogP) is 4.47. The summed E-state index contributed by atoms with van der Waals surface area (Å²) in [5, 5.41) is 21.1. The number of phenols is 1. The number of aliphatic hydroxyl groups is 1. The number of carbonyl (C=O) groups excluding carboxylic acids is 2. The quantitative estimate of drug-likeness (QED) is 0.360. The van der Waals surface area contributed by atoms with E-state index in [1.165, 1.54) is 49.3 Å². The Morgan fingerprint density at radius 1 is 1.03 bits per heavy atom. The van der Waals surface area contributed by atoms with Gasteiger partial charge in [-0.2, -0.15) is 0 Å². The number of anilines is 1. The average molecular weight is 433 g/mol. The number of aromatic hydroxyl groups is 1. The van der Waals surface area contributed by atoms with Gasteiger partial charge in [0.1, 0.15) is 23.1 Å². The molecular weight excluding hydrogens is 413 g/mol. The van der Waals surface area contributed by atoms with E-state index < -0.39 is 29.3 Å². The van der Waals surface area contributed by atoms with Crippen LogP contribution in [0.2, 0.25) is 0 Å². The van der Waals surface area contributed by atoms with Crippen LogP contribution in [0.4, 0.5) is 10.1 Å². The maximum atomic E-state index is 13.7. The van der Waals surface area contributed by atoms with Crippen LogP contribution in [0, 0.1) is 12.7 Å². The van der Waals surface area contributed by atoms with Crippen molar-refractivity contribution in [3.8, 4) is 11.5 Å². The molecule has 3 aromatic carbocycles. The highest BCUT2D eigenvalue weighted by molar-refractivity contribution is 6.51. The van der Waals surface area contributed by atoms with E-state index in [2.05, 4.69) is 0 Å². The SMILES string of the molecule is COc1ccc(N2C(=O)C(=O)/C(=C(\O)c3ccc(F)c(C)c3)C2c2cccc(O)c2)cc1. The van der Waals surface area contributed by atoms with E-state index in [0.717, 1.165) is 0 Å². The lowest BCUT2D eigenvalue weighted by Gasteiger charge is -2.25. The molecule has 162 valence electrons.